The Hall–Kier alpha value is -0.710. The highest BCUT2D eigenvalue weighted by Gasteiger charge is 2.31. The average Bonchev–Trinajstić information content (AvgIpc) is 2.65. The van der Waals surface area contributed by atoms with Crippen LogP contribution in [0, 0.1) is 11.8 Å². The molecule has 1 aliphatic heterocycles. The molecule has 0 aromatic rings. The van der Waals surface area contributed by atoms with Crippen LogP contribution in [0.15, 0.2) is 0 Å². The third kappa shape index (κ3) is 4.69. The van der Waals surface area contributed by atoms with Gasteiger partial charge in [-0.25, -0.2) is 0 Å². The van der Waals surface area contributed by atoms with Crippen LogP contribution in [0.4, 0.5) is 0 Å². The second kappa shape index (κ2) is 7.91. The summed E-state index contributed by atoms with van der Waals surface area (Å²) in [4.78, 5) is 23.5. The SMILES string of the molecule is O=C(CC1CCSCC1)NC1CCCCCC1C(=O)O. The van der Waals surface area contributed by atoms with Crippen LogP contribution in [-0.2, 0) is 9.59 Å². The Morgan fingerprint density at radius 3 is 2.45 bits per heavy atom. The van der Waals surface area contributed by atoms with Crippen LogP contribution in [0.25, 0.3) is 0 Å². The number of thioether (sulfide) groups is 1. The van der Waals surface area contributed by atoms with Gasteiger partial charge in [0.15, 0.2) is 0 Å². The van der Waals surface area contributed by atoms with Crippen molar-refractivity contribution in [3.63, 3.8) is 0 Å². The molecular formula is C15H25NO3S. The zero-order valence-electron chi connectivity index (χ0n) is 12.0. The molecule has 0 spiro atoms. The van der Waals surface area contributed by atoms with Gasteiger partial charge in [-0.05, 0) is 43.1 Å². The van der Waals surface area contributed by atoms with Crippen molar-refractivity contribution in [1.29, 1.82) is 0 Å². The standard InChI is InChI=1S/C15H25NO3S/c17-14(10-11-6-8-20-9-7-11)16-13-5-3-1-2-4-12(13)15(18)19/h11-13H,1-10H2,(H,16,17)(H,18,19). The van der Waals surface area contributed by atoms with Crippen molar-refractivity contribution in [2.75, 3.05) is 11.5 Å². The molecule has 114 valence electrons. The van der Waals surface area contributed by atoms with Gasteiger partial charge in [0.25, 0.3) is 0 Å². The number of hydrogen-bond acceptors (Lipinski definition) is 3. The summed E-state index contributed by atoms with van der Waals surface area (Å²) >= 11 is 1.96. The molecule has 0 radical (unpaired) electrons. The number of carbonyl (C=O) groups excluding carboxylic acids is 1. The number of nitrogens with one attached hydrogen (secondary N) is 1. The first-order valence-corrected chi connectivity index (χ1v) is 8.92. The lowest BCUT2D eigenvalue weighted by molar-refractivity contribution is -0.143. The van der Waals surface area contributed by atoms with Crippen LogP contribution in [0.5, 0.6) is 0 Å². The lowest BCUT2D eigenvalue weighted by Crippen LogP contribution is -2.43. The molecule has 1 aliphatic carbocycles. The fourth-order valence-electron chi connectivity index (χ4n) is 3.25. The van der Waals surface area contributed by atoms with Crippen LogP contribution < -0.4 is 5.32 Å². The topological polar surface area (TPSA) is 66.4 Å². The van der Waals surface area contributed by atoms with Crippen LogP contribution in [-0.4, -0.2) is 34.5 Å². The fraction of sp³-hybridized carbons (Fsp3) is 0.867. The van der Waals surface area contributed by atoms with E-state index in [0.29, 0.717) is 18.8 Å². The number of carboxylic acids is 1. The largest absolute Gasteiger partial charge is 0.481 e. The molecule has 1 saturated carbocycles. The summed E-state index contributed by atoms with van der Waals surface area (Å²) in [7, 11) is 0. The van der Waals surface area contributed by atoms with Crippen molar-refractivity contribution in [1.82, 2.24) is 5.32 Å². The Balaban J connectivity index is 1.85. The molecule has 0 aromatic heterocycles. The minimum Gasteiger partial charge on any atom is -0.481 e. The number of carboxylic acid groups (broad SMARTS) is 1. The van der Waals surface area contributed by atoms with Gasteiger partial charge in [0, 0.05) is 12.5 Å². The van der Waals surface area contributed by atoms with Gasteiger partial charge in [0.1, 0.15) is 0 Å². The maximum atomic E-state index is 12.1. The molecule has 0 bridgehead atoms. The second-order valence-electron chi connectivity index (χ2n) is 6.02. The van der Waals surface area contributed by atoms with E-state index in [-0.39, 0.29) is 11.9 Å². The molecule has 20 heavy (non-hydrogen) atoms. The number of carbonyl (C=O) groups is 2. The van der Waals surface area contributed by atoms with E-state index in [2.05, 4.69) is 5.32 Å². The molecule has 2 unspecified atom stereocenters. The molecule has 1 heterocycles. The molecule has 5 heteroatoms. The molecular weight excluding hydrogens is 274 g/mol. The van der Waals surface area contributed by atoms with Gasteiger partial charge in [-0.1, -0.05) is 19.3 Å². The van der Waals surface area contributed by atoms with Gasteiger partial charge in [-0.15, -0.1) is 0 Å². The van der Waals surface area contributed by atoms with E-state index >= 15 is 0 Å². The Morgan fingerprint density at radius 1 is 1.05 bits per heavy atom. The van der Waals surface area contributed by atoms with Gasteiger partial charge in [-0.2, -0.15) is 11.8 Å². The van der Waals surface area contributed by atoms with E-state index in [9.17, 15) is 14.7 Å². The zero-order chi connectivity index (χ0) is 14.4. The molecule has 1 amide bonds. The summed E-state index contributed by atoms with van der Waals surface area (Å²) in [5.74, 6) is 1.69. The molecule has 2 atom stereocenters. The summed E-state index contributed by atoms with van der Waals surface area (Å²) in [5.41, 5.74) is 0. The molecule has 2 aliphatic rings. The van der Waals surface area contributed by atoms with Crippen molar-refractivity contribution in [3.8, 4) is 0 Å². The highest BCUT2D eigenvalue weighted by molar-refractivity contribution is 7.99. The highest BCUT2D eigenvalue weighted by Crippen LogP contribution is 2.27. The number of amides is 1. The summed E-state index contributed by atoms with van der Waals surface area (Å²) < 4.78 is 0. The third-order valence-electron chi connectivity index (χ3n) is 4.49. The molecule has 2 N–H and O–H groups in total. The van der Waals surface area contributed by atoms with E-state index in [0.717, 1.165) is 50.0 Å². The van der Waals surface area contributed by atoms with Gasteiger partial charge in [0.05, 0.1) is 5.92 Å². The minimum absolute atomic E-state index is 0.0556. The predicted octanol–water partition coefficient (Wildman–Crippen LogP) is 2.67. The van der Waals surface area contributed by atoms with E-state index < -0.39 is 11.9 Å². The van der Waals surface area contributed by atoms with E-state index in [1.54, 1.807) is 0 Å². The predicted molar refractivity (Wildman–Crippen MR) is 80.8 cm³/mol. The molecule has 2 fully saturated rings. The van der Waals surface area contributed by atoms with Gasteiger partial charge in [0.2, 0.25) is 5.91 Å². The van der Waals surface area contributed by atoms with Crippen LogP contribution >= 0.6 is 11.8 Å². The normalized spacial score (nSPS) is 28.6. The van der Waals surface area contributed by atoms with E-state index in [4.69, 9.17) is 0 Å². The highest BCUT2D eigenvalue weighted by atomic mass is 32.2. The quantitative estimate of drug-likeness (QED) is 0.783. The number of rotatable bonds is 4. The Kier molecular flexibility index (Phi) is 6.20. The van der Waals surface area contributed by atoms with Gasteiger partial charge < -0.3 is 10.4 Å². The summed E-state index contributed by atoms with van der Waals surface area (Å²) in [6.07, 6.45) is 7.37. The van der Waals surface area contributed by atoms with Gasteiger partial charge in [-0.3, -0.25) is 9.59 Å². The van der Waals surface area contributed by atoms with E-state index in [1.807, 2.05) is 11.8 Å². The van der Waals surface area contributed by atoms with Gasteiger partial charge >= 0.3 is 5.97 Å². The summed E-state index contributed by atoms with van der Waals surface area (Å²) in [6.45, 7) is 0. The zero-order valence-corrected chi connectivity index (χ0v) is 12.8. The summed E-state index contributed by atoms with van der Waals surface area (Å²) in [6, 6.07) is -0.166. The second-order valence-corrected chi connectivity index (χ2v) is 7.24. The van der Waals surface area contributed by atoms with E-state index in [1.165, 1.54) is 0 Å². The minimum atomic E-state index is -0.758. The van der Waals surface area contributed by atoms with Crippen molar-refractivity contribution < 1.29 is 14.7 Å². The first kappa shape index (κ1) is 15.7. The Bertz CT molecular complexity index is 342. The lowest BCUT2D eigenvalue weighted by Gasteiger charge is -2.25. The van der Waals surface area contributed by atoms with Crippen molar-refractivity contribution in [2.45, 2.75) is 57.4 Å². The van der Waals surface area contributed by atoms with Crippen LogP contribution in [0.3, 0.4) is 0 Å². The Labute approximate surface area is 125 Å². The Morgan fingerprint density at radius 2 is 1.75 bits per heavy atom. The molecule has 0 aromatic carbocycles. The maximum Gasteiger partial charge on any atom is 0.308 e. The fourth-order valence-corrected chi connectivity index (χ4v) is 4.46. The van der Waals surface area contributed by atoms with Crippen molar-refractivity contribution in [2.24, 2.45) is 11.8 Å². The molecule has 1 saturated heterocycles. The van der Waals surface area contributed by atoms with Crippen molar-refractivity contribution in [3.05, 3.63) is 0 Å². The monoisotopic (exact) mass is 299 g/mol. The molecule has 4 nitrogen and oxygen atoms in total. The average molecular weight is 299 g/mol. The number of aliphatic carboxylic acids is 1. The van der Waals surface area contributed by atoms with Crippen molar-refractivity contribution >= 4 is 23.6 Å². The smallest absolute Gasteiger partial charge is 0.308 e. The first-order chi connectivity index (χ1) is 9.66. The lowest BCUT2D eigenvalue weighted by atomic mass is 9.93. The summed E-state index contributed by atoms with van der Waals surface area (Å²) in [5, 5.41) is 12.3. The van der Waals surface area contributed by atoms with Crippen LogP contribution in [0.1, 0.15) is 51.4 Å². The maximum absolute atomic E-state index is 12.1. The third-order valence-corrected chi connectivity index (χ3v) is 5.54. The molecule has 2 rings (SSSR count). The number of hydrogen-bond donors (Lipinski definition) is 2. The first-order valence-electron chi connectivity index (χ1n) is 7.76. The van der Waals surface area contributed by atoms with Crippen LogP contribution in [0.2, 0.25) is 0 Å².